The Labute approximate surface area is 145 Å². The Morgan fingerprint density at radius 2 is 1.96 bits per heavy atom. The Morgan fingerprint density at radius 3 is 2.72 bits per heavy atom. The van der Waals surface area contributed by atoms with Gasteiger partial charge in [-0.2, -0.15) is 9.38 Å². The van der Waals surface area contributed by atoms with E-state index in [9.17, 15) is 10.1 Å². The molecule has 0 aliphatic rings. The molecule has 3 aromatic heterocycles. The molecule has 0 radical (unpaired) electrons. The third-order valence-electron chi connectivity index (χ3n) is 3.54. The largest absolute Gasteiger partial charge is 0.411 e. The van der Waals surface area contributed by atoms with Gasteiger partial charge in [-0.1, -0.05) is 23.8 Å². The average Bonchev–Trinajstić information content (AvgIpc) is 3.20. The Bertz CT molecular complexity index is 1070. The monoisotopic (exact) mass is 353 g/mol. The molecule has 0 unspecified atom stereocenters. The summed E-state index contributed by atoms with van der Waals surface area (Å²) in [5.41, 5.74) is 2.39. The van der Waals surface area contributed by atoms with Gasteiger partial charge in [-0.3, -0.25) is 0 Å². The van der Waals surface area contributed by atoms with E-state index in [0.717, 1.165) is 22.9 Å². The normalized spacial score (nSPS) is 11.1. The molecule has 0 atom stereocenters. The van der Waals surface area contributed by atoms with Crippen LogP contribution in [0.5, 0.6) is 0 Å². The second kappa shape index (κ2) is 6.02. The number of hydrogen-bond donors (Lipinski definition) is 0. The molecule has 0 N–H and O–H groups in total. The molecule has 4 rings (SSSR count). The van der Waals surface area contributed by atoms with E-state index in [1.807, 2.05) is 31.2 Å². The first-order chi connectivity index (χ1) is 12.1. The van der Waals surface area contributed by atoms with E-state index >= 15 is 0 Å². The SMILES string of the molecule is Cc1ccc(-c2nnc(Sc3nc4ccccn4c3[N+](=O)[O-])o2)cc1. The molecule has 25 heavy (non-hydrogen) atoms. The first kappa shape index (κ1) is 15.3. The molecule has 8 nitrogen and oxygen atoms in total. The van der Waals surface area contributed by atoms with Crippen molar-refractivity contribution in [1.29, 1.82) is 0 Å². The molecule has 0 aliphatic carbocycles. The summed E-state index contributed by atoms with van der Waals surface area (Å²) in [6, 6.07) is 12.8. The van der Waals surface area contributed by atoms with Crippen LogP contribution in [0, 0.1) is 17.0 Å². The Kier molecular flexibility index (Phi) is 3.69. The Hall–Kier alpha value is -3.20. The van der Waals surface area contributed by atoms with Gasteiger partial charge in [-0.25, -0.2) is 0 Å². The number of hydrogen-bond acceptors (Lipinski definition) is 7. The number of pyridine rings is 1. The van der Waals surface area contributed by atoms with Crippen LogP contribution in [-0.2, 0) is 0 Å². The van der Waals surface area contributed by atoms with E-state index < -0.39 is 4.92 Å². The second-order valence-corrected chi connectivity index (χ2v) is 6.21. The third kappa shape index (κ3) is 2.85. The minimum atomic E-state index is -0.473. The number of nitrogens with zero attached hydrogens (tertiary/aromatic N) is 5. The molecule has 0 bridgehead atoms. The van der Waals surface area contributed by atoms with E-state index in [-0.39, 0.29) is 16.1 Å². The summed E-state index contributed by atoms with van der Waals surface area (Å²) in [6.45, 7) is 1.99. The topological polar surface area (TPSA) is 99.4 Å². The highest BCUT2D eigenvalue weighted by molar-refractivity contribution is 7.99. The Morgan fingerprint density at radius 1 is 1.16 bits per heavy atom. The van der Waals surface area contributed by atoms with E-state index in [0.29, 0.717) is 11.5 Å². The van der Waals surface area contributed by atoms with Gasteiger partial charge in [0.25, 0.3) is 5.22 Å². The molecule has 0 aliphatic heterocycles. The molecule has 3 heterocycles. The van der Waals surface area contributed by atoms with Gasteiger partial charge in [0.1, 0.15) is 0 Å². The fourth-order valence-electron chi connectivity index (χ4n) is 2.34. The lowest BCUT2D eigenvalue weighted by Crippen LogP contribution is -1.94. The van der Waals surface area contributed by atoms with Crippen LogP contribution >= 0.6 is 11.8 Å². The van der Waals surface area contributed by atoms with Gasteiger partial charge in [0.05, 0.1) is 6.20 Å². The fraction of sp³-hybridized carbons (Fsp3) is 0.0625. The summed E-state index contributed by atoms with van der Waals surface area (Å²) in [5.74, 6) is 0.226. The number of nitro groups is 1. The summed E-state index contributed by atoms with van der Waals surface area (Å²) < 4.78 is 7.03. The smallest absolute Gasteiger partial charge is 0.362 e. The molecule has 9 heteroatoms. The van der Waals surface area contributed by atoms with Crippen LogP contribution in [0.3, 0.4) is 0 Å². The predicted molar refractivity (Wildman–Crippen MR) is 90.4 cm³/mol. The van der Waals surface area contributed by atoms with Crippen molar-refractivity contribution in [3.8, 4) is 11.5 Å². The molecule has 0 saturated carbocycles. The summed E-state index contributed by atoms with van der Waals surface area (Å²) >= 11 is 0.973. The van der Waals surface area contributed by atoms with Crippen LogP contribution in [0.1, 0.15) is 5.56 Å². The lowest BCUT2D eigenvalue weighted by atomic mass is 10.1. The molecule has 0 fully saturated rings. The standard InChI is InChI=1S/C16H11N5O3S/c1-10-5-7-11(8-6-10)13-18-19-16(24-13)25-14-15(21(22)23)20-9-3-2-4-12(20)17-14/h2-9H,1H3. The molecular weight excluding hydrogens is 342 g/mol. The summed E-state index contributed by atoms with van der Waals surface area (Å²) in [6.07, 6.45) is 1.59. The van der Waals surface area contributed by atoms with E-state index in [1.54, 1.807) is 24.4 Å². The van der Waals surface area contributed by atoms with Crippen LogP contribution in [0.2, 0.25) is 0 Å². The molecule has 0 amide bonds. The van der Waals surface area contributed by atoms with E-state index in [4.69, 9.17) is 4.42 Å². The van der Waals surface area contributed by atoms with Crippen molar-refractivity contribution < 1.29 is 9.34 Å². The first-order valence-corrected chi connectivity index (χ1v) is 8.13. The van der Waals surface area contributed by atoms with Crippen molar-refractivity contribution in [2.75, 3.05) is 0 Å². The quantitative estimate of drug-likeness (QED) is 0.407. The lowest BCUT2D eigenvalue weighted by molar-refractivity contribution is -0.393. The highest BCUT2D eigenvalue weighted by Gasteiger charge is 2.25. The van der Waals surface area contributed by atoms with Gasteiger partial charge < -0.3 is 14.5 Å². The maximum Gasteiger partial charge on any atom is 0.362 e. The van der Waals surface area contributed by atoms with Gasteiger partial charge in [0.2, 0.25) is 16.6 Å². The Balaban J connectivity index is 1.69. The van der Waals surface area contributed by atoms with Gasteiger partial charge >= 0.3 is 5.82 Å². The number of aromatic nitrogens is 4. The lowest BCUT2D eigenvalue weighted by Gasteiger charge is -1.96. The molecule has 4 aromatic rings. The zero-order chi connectivity index (χ0) is 17.4. The van der Waals surface area contributed by atoms with Crippen molar-refractivity contribution in [3.63, 3.8) is 0 Å². The number of rotatable bonds is 4. The van der Waals surface area contributed by atoms with Crippen molar-refractivity contribution >= 4 is 23.2 Å². The van der Waals surface area contributed by atoms with Gasteiger partial charge in [0, 0.05) is 11.6 Å². The maximum absolute atomic E-state index is 11.4. The fourth-order valence-corrected chi connectivity index (χ4v) is 3.11. The molecule has 124 valence electrons. The van der Waals surface area contributed by atoms with E-state index in [1.165, 1.54) is 4.40 Å². The maximum atomic E-state index is 11.4. The zero-order valence-corrected chi connectivity index (χ0v) is 13.8. The van der Waals surface area contributed by atoms with Crippen LogP contribution < -0.4 is 0 Å². The summed E-state index contributed by atoms with van der Waals surface area (Å²) in [4.78, 5) is 15.2. The van der Waals surface area contributed by atoms with Crippen molar-refractivity contribution in [2.45, 2.75) is 17.2 Å². The van der Waals surface area contributed by atoms with Gasteiger partial charge in [-0.05, 0) is 41.8 Å². The summed E-state index contributed by atoms with van der Waals surface area (Å²) in [7, 11) is 0. The molecular formula is C16H11N5O3S. The molecule has 1 aromatic carbocycles. The van der Waals surface area contributed by atoms with Crippen molar-refractivity contribution in [3.05, 3.63) is 64.3 Å². The molecule has 0 saturated heterocycles. The number of imidazole rings is 1. The highest BCUT2D eigenvalue weighted by atomic mass is 32.2. The minimum absolute atomic E-state index is 0.129. The predicted octanol–water partition coefficient (Wildman–Crippen LogP) is 3.75. The van der Waals surface area contributed by atoms with Gasteiger partial charge in [0.15, 0.2) is 0 Å². The zero-order valence-electron chi connectivity index (χ0n) is 13.0. The first-order valence-electron chi connectivity index (χ1n) is 7.32. The minimum Gasteiger partial charge on any atom is -0.411 e. The summed E-state index contributed by atoms with van der Waals surface area (Å²) in [5, 5.41) is 19.8. The number of benzene rings is 1. The number of aryl methyl sites for hydroxylation is 1. The van der Waals surface area contributed by atoms with Crippen molar-refractivity contribution in [1.82, 2.24) is 19.6 Å². The third-order valence-corrected chi connectivity index (χ3v) is 4.34. The van der Waals surface area contributed by atoms with Crippen LogP contribution in [0.4, 0.5) is 5.82 Å². The van der Waals surface area contributed by atoms with Crippen LogP contribution in [0.15, 0.2) is 63.3 Å². The average molecular weight is 353 g/mol. The number of fused-ring (bicyclic) bond motifs is 1. The van der Waals surface area contributed by atoms with Crippen LogP contribution in [0.25, 0.3) is 17.1 Å². The van der Waals surface area contributed by atoms with Gasteiger partial charge in [-0.15, -0.1) is 10.2 Å². The van der Waals surface area contributed by atoms with Crippen molar-refractivity contribution in [2.24, 2.45) is 0 Å². The highest BCUT2D eigenvalue weighted by Crippen LogP contribution is 2.35. The van der Waals surface area contributed by atoms with Crippen LogP contribution in [-0.4, -0.2) is 24.5 Å². The molecule has 0 spiro atoms. The van der Waals surface area contributed by atoms with E-state index in [2.05, 4.69) is 15.2 Å². The second-order valence-electron chi connectivity index (χ2n) is 5.27.